The minimum atomic E-state index is -1.60. The molecular formula is C16H19NO3Si. The molecule has 0 radical (unpaired) electrons. The number of methoxy groups -OCH3 is 1. The summed E-state index contributed by atoms with van der Waals surface area (Å²) in [5.74, 6) is 0.688. The smallest absolute Gasteiger partial charge is 0.210 e. The van der Waals surface area contributed by atoms with E-state index in [0.29, 0.717) is 22.2 Å². The van der Waals surface area contributed by atoms with Crippen LogP contribution in [-0.4, -0.2) is 19.8 Å². The van der Waals surface area contributed by atoms with Crippen LogP contribution in [0.5, 0.6) is 5.75 Å². The quantitative estimate of drug-likeness (QED) is 0.684. The number of hydrogen-bond acceptors (Lipinski definition) is 3. The van der Waals surface area contributed by atoms with E-state index in [2.05, 4.69) is 19.6 Å². The molecule has 110 valence electrons. The summed E-state index contributed by atoms with van der Waals surface area (Å²) in [6.07, 6.45) is 0. The molecule has 0 aliphatic heterocycles. The number of hydrogen-bond donors (Lipinski definition) is 0. The molecule has 21 heavy (non-hydrogen) atoms. The van der Waals surface area contributed by atoms with Gasteiger partial charge < -0.3 is 13.7 Å². The Kier molecular flexibility index (Phi) is 2.98. The molecule has 0 spiro atoms. The number of aryl methyl sites for hydroxylation is 1. The maximum Gasteiger partial charge on any atom is 0.210 e. The van der Waals surface area contributed by atoms with Crippen molar-refractivity contribution >= 4 is 35.5 Å². The van der Waals surface area contributed by atoms with Gasteiger partial charge in [-0.25, -0.2) is 0 Å². The van der Waals surface area contributed by atoms with Crippen molar-refractivity contribution in [2.75, 3.05) is 7.11 Å². The molecule has 3 rings (SSSR count). The zero-order valence-electron chi connectivity index (χ0n) is 13.0. The van der Waals surface area contributed by atoms with E-state index in [1.807, 2.05) is 29.8 Å². The van der Waals surface area contributed by atoms with Crippen molar-refractivity contribution in [3.8, 4) is 5.75 Å². The summed E-state index contributed by atoms with van der Waals surface area (Å²) in [6, 6.07) is 7.46. The molecule has 0 N–H and O–H groups in total. The summed E-state index contributed by atoms with van der Waals surface area (Å²) in [5, 5.41) is 2.26. The first-order valence-corrected chi connectivity index (χ1v) is 10.4. The Hall–Kier alpha value is -2.01. The minimum Gasteiger partial charge on any atom is -0.497 e. The van der Waals surface area contributed by atoms with Crippen LogP contribution >= 0.6 is 0 Å². The Labute approximate surface area is 123 Å². The average molecular weight is 301 g/mol. The van der Waals surface area contributed by atoms with Crippen LogP contribution in [0, 0.1) is 0 Å². The fourth-order valence-corrected chi connectivity index (χ4v) is 3.51. The summed E-state index contributed by atoms with van der Waals surface area (Å²) in [4.78, 5) is 12.7. The number of ether oxygens (including phenoxy) is 1. The van der Waals surface area contributed by atoms with Gasteiger partial charge in [0.1, 0.15) is 13.8 Å². The van der Waals surface area contributed by atoms with Gasteiger partial charge in [0.05, 0.1) is 28.8 Å². The summed E-state index contributed by atoms with van der Waals surface area (Å²) < 4.78 is 13.2. The lowest BCUT2D eigenvalue weighted by atomic mass is 10.1. The third-order valence-electron chi connectivity index (χ3n) is 3.81. The number of benzene rings is 1. The number of nitrogens with zero attached hydrogens (tertiary/aromatic N) is 1. The predicted octanol–water partition coefficient (Wildman–Crippen LogP) is 2.84. The molecule has 1 aromatic carbocycles. The summed E-state index contributed by atoms with van der Waals surface area (Å²) in [7, 11) is 1.93. The highest BCUT2D eigenvalue weighted by molar-refractivity contribution is 6.87. The van der Waals surface area contributed by atoms with Crippen molar-refractivity contribution in [2.24, 2.45) is 7.05 Å². The van der Waals surface area contributed by atoms with E-state index < -0.39 is 8.07 Å². The van der Waals surface area contributed by atoms with Crippen molar-refractivity contribution in [1.82, 2.24) is 4.57 Å². The standard InChI is InChI=1S/C16H19NO3Si/c1-17-13-7-6-10(19-2)8-11(13)15(18)12-9-14(20-16(12)17)21(3,4)5/h6-9H,1-5H3. The first-order chi connectivity index (χ1) is 9.82. The van der Waals surface area contributed by atoms with Crippen molar-refractivity contribution in [3.05, 3.63) is 34.5 Å². The lowest BCUT2D eigenvalue weighted by molar-refractivity contribution is 0.415. The highest BCUT2D eigenvalue weighted by atomic mass is 28.3. The van der Waals surface area contributed by atoms with Gasteiger partial charge in [0.15, 0.2) is 0 Å². The second-order valence-corrected chi connectivity index (χ2v) is 11.3. The SMILES string of the molecule is COc1ccc2c(c1)c(=O)c1cc([Si](C)(C)C)oc1n2C. The highest BCUT2D eigenvalue weighted by Crippen LogP contribution is 2.23. The van der Waals surface area contributed by atoms with Crippen molar-refractivity contribution in [1.29, 1.82) is 0 Å². The van der Waals surface area contributed by atoms with Crippen molar-refractivity contribution < 1.29 is 9.15 Å². The molecule has 0 bridgehead atoms. The molecule has 3 aromatic rings. The van der Waals surface area contributed by atoms with E-state index in [0.717, 1.165) is 10.9 Å². The Bertz CT molecular complexity index is 900. The number of fused-ring (bicyclic) bond motifs is 2. The highest BCUT2D eigenvalue weighted by Gasteiger charge is 2.24. The van der Waals surface area contributed by atoms with Gasteiger partial charge in [0, 0.05) is 7.05 Å². The molecule has 0 atom stereocenters. The van der Waals surface area contributed by atoms with Gasteiger partial charge >= 0.3 is 0 Å². The molecule has 0 aliphatic rings. The molecule has 0 saturated carbocycles. The summed E-state index contributed by atoms with van der Waals surface area (Å²) in [6.45, 7) is 6.62. The third kappa shape index (κ3) is 2.08. The van der Waals surface area contributed by atoms with Crippen molar-refractivity contribution in [2.45, 2.75) is 19.6 Å². The molecule has 0 unspecified atom stereocenters. The molecule has 5 heteroatoms. The second kappa shape index (κ2) is 4.49. The Balaban J connectivity index is 2.46. The summed E-state index contributed by atoms with van der Waals surface area (Å²) >= 11 is 0. The molecule has 4 nitrogen and oxygen atoms in total. The molecule has 0 aliphatic carbocycles. The van der Waals surface area contributed by atoms with E-state index >= 15 is 0 Å². The summed E-state index contributed by atoms with van der Waals surface area (Å²) in [5.41, 5.74) is 1.50. The van der Waals surface area contributed by atoms with Gasteiger partial charge in [0.2, 0.25) is 11.1 Å². The van der Waals surface area contributed by atoms with Gasteiger partial charge in [-0.15, -0.1) is 0 Å². The Morgan fingerprint density at radius 3 is 2.48 bits per heavy atom. The van der Waals surface area contributed by atoms with Crippen LogP contribution in [0.15, 0.2) is 33.5 Å². The van der Waals surface area contributed by atoms with Crippen LogP contribution in [-0.2, 0) is 7.05 Å². The van der Waals surface area contributed by atoms with Crippen LogP contribution in [0.1, 0.15) is 0 Å². The maximum absolute atomic E-state index is 12.7. The number of rotatable bonds is 2. The van der Waals surface area contributed by atoms with E-state index in [-0.39, 0.29) is 5.43 Å². The molecular weight excluding hydrogens is 282 g/mol. The lowest BCUT2D eigenvalue weighted by Crippen LogP contribution is -2.36. The fraction of sp³-hybridized carbons (Fsp3) is 0.312. The molecule has 2 heterocycles. The minimum absolute atomic E-state index is 0.00486. The van der Waals surface area contributed by atoms with Crippen molar-refractivity contribution in [3.63, 3.8) is 0 Å². The van der Waals surface area contributed by atoms with E-state index in [1.165, 1.54) is 0 Å². The van der Waals surface area contributed by atoms with Crippen LogP contribution in [0.3, 0.4) is 0 Å². The Morgan fingerprint density at radius 2 is 1.86 bits per heavy atom. The maximum atomic E-state index is 12.7. The van der Waals surface area contributed by atoms with Crippen LogP contribution in [0.25, 0.3) is 22.0 Å². The third-order valence-corrected chi connectivity index (χ3v) is 5.54. The average Bonchev–Trinajstić information content (AvgIpc) is 2.89. The zero-order valence-corrected chi connectivity index (χ0v) is 14.0. The van der Waals surface area contributed by atoms with Gasteiger partial charge in [-0.1, -0.05) is 19.6 Å². The fourth-order valence-electron chi connectivity index (χ4n) is 2.53. The van der Waals surface area contributed by atoms with E-state index in [9.17, 15) is 4.79 Å². The van der Waals surface area contributed by atoms with E-state index in [4.69, 9.17) is 9.15 Å². The molecule has 0 fully saturated rings. The monoisotopic (exact) mass is 301 g/mol. The van der Waals surface area contributed by atoms with Crippen LogP contribution in [0.4, 0.5) is 0 Å². The van der Waals surface area contributed by atoms with Crippen LogP contribution < -0.4 is 15.5 Å². The topological polar surface area (TPSA) is 44.4 Å². The predicted molar refractivity (Wildman–Crippen MR) is 88.5 cm³/mol. The van der Waals surface area contributed by atoms with Gasteiger partial charge in [-0.05, 0) is 24.3 Å². The normalized spacial score (nSPS) is 12.2. The first-order valence-electron chi connectivity index (χ1n) is 6.93. The van der Waals surface area contributed by atoms with Crippen LogP contribution in [0.2, 0.25) is 19.6 Å². The largest absolute Gasteiger partial charge is 0.497 e. The van der Waals surface area contributed by atoms with E-state index in [1.54, 1.807) is 13.2 Å². The number of pyridine rings is 1. The van der Waals surface area contributed by atoms with Gasteiger partial charge in [0.25, 0.3) is 0 Å². The van der Waals surface area contributed by atoms with Gasteiger partial charge in [-0.2, -0.15) is 0 Å². The molecule has 0 saturated heterocycles. The second-order valence-electron chi connectivity index (χ2n) is 6.35. The molecule has 0 amide bonds. The number of furan rings is 1. The molecule has 2 aromatic heterocycles. The zero-order chi connectivity index (χ0) is 15.4. The lowest BCUT2D eigenvalue weighted by Gasteiger charge is -2.11. The van der Waals surface area contributed by atoms with Gasteiger partial charge in [-0.3, -0.25) is 4.79 Å². The number of aromatic nitrogens is 1. The first kappa shape index (κ1) is 13.9. The Morgan fingerprint density at radius 1 is 1.14 bits per heavy atom.